The Kier molecular flexibility index (Phi) is 3.42. The summed E-state index contributed by atoms with van der Waals surface area (Å²) in [6.45, 7) is 4.46. The molecule has 0 spiro atoms. The van der Waals surface area contributed by atoms with Gasteiger partial charge in [0.2, 0.25) is 0 Å². The van der Waals surface area contributed by atoms with E-state index >= 15 is 0 Å². The zero-order valence-electron chi connectivity index (χ0n) is 7.29. The standard InChI is InChI=1S/C10H14Te/c1-8-4-6-10(7-5-8)9(2)11-3/h4-7,9H,1-3H3. The van der Waals surface area contributed by atoms with Gasteiger partial charge in [0.15, 0.2) is 0 Å². The predicted molar refractivity (Wildman–Crippen MR) is 51.2 cm³/mol. The van der Waals surface area contributed by atoms with Crippen molar-refractivity contribution < 1.29 is 0 Å². The van der Waals surface area contributed by atoms with Crippen molar-refractivity contribution in [3.05, 3.63) is 35.4 Å². The molecule has 1 aromatic rings. The van der Waals surface area contributed by atoms with Gasteiger partial charge in [-0.15, -0.1) is 0 Å². The minimum absolute atomic E-state index is 0.198. The summed E-state index contributed by atoms with van der Waals surface area (Å²) in [5, 5.41) is 0. The predicted octanol–water partition coefficient (Wildman–Crippen LogP) is 2.81. The first kappa shape index (κ1) is 9.10. The van der Waals surface area contributed by atoms with Crippen molar-refractivity contribution in [3.8, 4) is 0 Å². The van der Waals surface area contributed by atoms with E-state index in [1.807, 2.05) is 0 Å². The summed E-state index contributed by atoms with van der Waals surface area (Å²) in [5.74, 6) is 0. The van der Waals surface area contributed by atoms with E-state index in [1.54, 1.807) is 0 Å². The third kappa shape index (κ3) is 2.51. The molecule has 1 heteroatoms. The Labute approximate surface area is 79.1 Å². The van der Waals surface area contributed by atoms with Crippen LogP contribution in [-0.2, 0) is 0 Å². The van der Waals surface area contributed by atoms with Crippen molar-refractivity contribution in [3.63, 3.8) is 0 Å². The zero-order chi connectivity index (χ0) is 8.27. The van der Waals surface area contributed by atoms with Crippen LogP contribution in [0.4, 0.5) is 0 Å². The first-order valence-corrected chi connectivity index (χ1v) is 7.51. The van der Waals surface area contributed by atoms with Crippen LogP contribution >= 0.6 is 0 Å². The Morgan fingerprint density at radius 1 is 1.18 bits per heavy atom. The Hall–Kier alpha value is 0.00961. The fraction of sp³-hybridized carbons (Fsp3) is 0.400. The average molecular weight is 262 g/mol. The second-order valence-corrected chi connectivity index (χ2v) is 6.15. The molecule has 11 heavy (non-hydrogen) atoms. The Morgan fingerprint density at radius 3 is 2.18 bits per heavy atom. The SMILES string of the molecule is C[Te]C(C)c1ccc(C)cc1. The van der Waals surface area contributed by atoms with E-state index in [0.29, 0.717) is 0 Å². The Bertz CT molecular complexity index is 213. The number of hydrogen-bond donors (Lipinski definition) is 0. The van der Waals surface area contributed by atoms with Crippen molar-refractivity contribution in [1.82, 2.24) is 0 Å². The van der Waals surface area contributed by atoms with Crippen molar-refractivity contribution >= 4 is 20.9 Å². The summed E-state index contributed by atoms with van der Waals surface area (Å²) in [6, 6.07) is 8.92. The van der Waals surface area contributed by atoms with Gasteiger partial charge in [-0.25, -0.2) is 0 Å². The molecule has 0 aliphatic rings. The van der Waals surface area contributed by atoms with Crippen LogP contribution in [0, 0.1) is 6.92 Å². The molecule has 0 radical (unpaired) electrons. The van der Waals surface area contributed by atoms with Crippen molar-refractivity contribution in [2.75, 3.05) is 0 Å². The molecule has 0 nitrogen and oxygen atoms in total. The first-order chi connectivity index (χ1) is 5.24. The quantitative estimate of drug-likeness (QED) is 0.719. The van der Waals surface area contributed by atoms with Gasteiger partial charge in [-0.2, -0.15) is 0 Å². The molecule has 1 aromatic carbocycles. The van der Waals surface area contributed by atoms with Crippen molar-refractivity contribution in [1.29, 1.82) is 0 Å². The van der Waals surface area contributed by atoms with Crippen LogP contribution in [-0.4, -0.2) is 20.9 Å². The summed E-state index contributed by atoms with van der Waals surface area (Å²) >= 11 is 0.198. The van der Waals surface area contributed by atoms with Crippen LogP contribution in [0.15, 0.2) is 24.3 Å². The number of aryl methyl sites for hydroxylation is 1. The van der Waals surface area contributed by atoms with Crippen LogP contribution in [0.2, 0.25) is 4.97 Å². The van der Waals surface area contributed by atoms with E-state index in [9.17, 15) is 0 Å². The van der Waals surface area contributed by atoms with Gasteiger partial charge in [-0.1, -0.05) is 0 Å². The molecule has 0 aromatic heterocycles. The van der Waals surface area contributed by atoms with E-state index in [2.05, 4.69) is 43.1 Å². The van der Waals surface area contributed by atoms with Crippen LogP contribution in [0.25, 0.3) is 0 Å². The van der Waals surface area contributed by atoms with Crippen molar-refractivity contribution in [2.24, 2.45) is 0 Å². The molecule has 1 atom stereocenters. The van der Waals surface area contributed by atoms with E-state index in [0.717, 1.165) is 3.97 Å². The second kappa shape index (κ2) is 4.14. The molecule has 0 N–H and O–H groups in total. The van der Waals surface area contributed by atoms with Crippen LogP contribution in [0.3, 0.4) is 0 Å². The normalized spacial score (nSPS) is 13.0. The van der Waals surface area contributed by atoms with Gasteiger partial charge in [-0.3, -0.25) is 0 Å². The molecule has 0 heterocycles. The average Bonchev–Trinajstić information content (AvgIpc) is 2.05. The fourth-order valence-electron chi connectivity index (χ4n) is 0.974. The van der Waals surface area contributed by atoms with E-state index in [-0.39, 0.29) is 20.9 Å². The maximum atomic E-state index is 2.36. The fourth-order valence-corrected chi connectivity index (χ4v) is 2.20. The molecule has 0 bridgehead atoms. The molecule has 0 saturated carbocycles. The van der Waals surface area contributed by atoms with Gasteiger partial charge < -0.3 is 0 Å². The van der Waals surface area contributed by atoms with Gasteiger partial charge in [-0.05, 0) is 0 Å². The van der Waals surface area contributed by atoms with E-state index in [1.165, 1.54) is 11.1 Å². The van der Waals surface area contributed by atoms with Gasteiger partial charge in [0.05, 0.1) is 0 Å². The van der Waals surface area contributed by atoms with Crippen molar-refractivity contribution in [2.45, 2.75) is 22.8 Å². The monoisotopic (exact) mass is 264 g/mol. The molecule has 0 fully saturated rings. The van der Waals surface area contributed by atoms with Gasteiger partial charge in [0, 0.05) is 0 Å². The third-order valence-corrected chi connectivity index (χ3v) is 4.70. The third-order valence-electron chi connectivity index (χ3n) is 1.90. The number of benzene rings is 1. The second-order valence-electron chi connectivity index (χ2n) is 2.79. The molecule has 1 rings (SSSR count). The molecule has 60 valence electrons. The maximum absolute atomic E-state index is 2.36. The molecule has 1 unspecified atom stereocenters. The summed E-state index contributed by atoms with van der Waals surface area (Å²) in [6.07, 6.45) is 0. The molecular formula is C10H14Te. The first-order valence-electron chi connectivity index (χ1n) is 3.83. The zero-order valence-corrected chi connectivity index (χ0v) is 9.63. The number of rotatable bonds is 2. The summed E-state index contributed by atoms with van der Waals surface area (Å²) in [7, 11) is 0. The molecule has 0 amide bonds. The van der Waals surface area contributed by atoms with Crippen LogP contribution in [0.5, 0.6) is 0 Å². The van der Waals surface area contributed by atoms with Crippen LogP contribution < -0.4 is 0 Å². The molecule has 0 saturated heterocycles. The summed E-state index contributed by atoms with van der Waals surface area (Å²) in [5.41, 5.74) is 2.87. The van der Waals surface area contributed by atoms with Crippen LogP contribution in [0.1, 0.15) is 22.0 Å². The molecular weight excluding hydrogens is 248 g/mol. The topological polar surface area (TPSA) is 0 Å². The molecule has 0 aliphatic heterocycles. The van der Waals surface area contributed by atoms with Gasteiger partial charge in [0.1, 0.15) is 0 Å². The number of hydrogen-bond acceptors (Lipinski definition) is 0. The van der Waals surface area contributed by atoms with E-state index < -0.39 is 0 Å². The summed E-state index contributed by atoms with van der Waals surface area (Å²) < 4.78 is 0.834. The van der Waals surface area contributed by atoms with E-state index in [4.69, 9.17) is 0 Å². The van der Waals surface area contributed by atoms with Gasteiger partial charge in [0.25, 0.3) is 0 Å². The summed E-state index contributed by atoms with van der Waals surface area (Å²) in [4.78, 5) is 2.36. The Balaban J connectivity index is 2.81. The van der Waals surface area contributed by atoms with Gasteiger partial charge >= 0.3 is 79.1 Å². The Morgan fingerprint density at radius 2 is 1.73 bits per heavy atom. The molecule has 0 aliphatic carbocycles. The minimum atomic E-state index is 0.198.